The Morgan fingerprint density at radius 1 is 1.03 bits per heavy atom. The summed E-state index contributed by atoms with van der Waals surface area (Å²) in [4.78, 5) is 27.1. The van der Waals surface area contributed by atoms with Crippen LogP contribution in [-0.2, 0) is 33.8 Å². The van der Waals surface area contributed by atoms with E-state index in [9.17, 15) is 9.59 Å². The van der Waals surface area contributed by atoms with E-state index in [1.54, 1.807) is 4.90 Å². The third-order valence-corrected chi connectivity index (χ3v) is 5.30. The van der Waals surface area contributed by atoms with Gasteiger partial charge in [0.2, 0.25) is 5.91 Å². The van der Waals surface area contributed by atoms with E-state index in [4.69, 9.17) is 10.5 Å². The molecule has 1 aliphatic rings. The van der Waals surface area contributed by atoms with E-state index in [1.807, 2.05) is 56.3 Å². The zero-order valence-electron chi connectivity index (χ0n) is 16.9. The van der Waals surface area contributed by atoms with Crippen LogP contribution in [0.5, 0.6) is 0 Å². The number of nitrogens with two attached hydrogens (primary N) is 1. The molecular formula is C23H29ClN2O3. The summed E-state index contributed by atoms with van der Waals surface area (Å²) in [6.07, 6.45) is 1.47. The average molecular weight is 417 g/mol. The van der Waals surface area contributed by atoms with Gasteiger partial charge < -0.3 is 15.4 Å². The minimum absolute atomic E-state index is 0. The number of ether oxygens (including phenoxy) is 1. The molecule has 156 valence electrons. The van der Waals surface area contributed by atoms with Crippen molar-refractivity contribution in [2.24, 2.45) is 11.7 Å². The standard InChI is InChI=1S/C23H28N2O3.ClH/c1-16(2)22(24)23(27)25(20-12-18-10-6-7-11-19(18)13-20)14-21(26)28-15-17-8-4-3-5-9-17;/h3-11,16,20,22H,12-15,24H2,1-2H3;1H/t22-;/m0./s1. The third-order valence-electron chi connectivity index (χ3n) is 5.30. The molecule has 0 saturated heterocycles. The molecule has 0 saturated carbocycles. The maximum absolute atomic E-state index is 13.0. The number of hydrogen-bond acceptors (Lipinski definition) is 4. The van der Waals surface area contributed by atoms with E-state index in [0.717, 1.165) is 18.4 Å². The molecule has 0 unspecified atom stereocenters. The molecule has 2 aromatic carbocycles. The minimum Gasteiger partial charge on any atom is -0.459 e. The van der Waals surface area contributed by atoms with Crippen molar-refractivity contribution in [3.63, 3.8) is 0 Å². The highest BCUT2D eigenvalue weighted by atomic mass is 35.5. The first kappa shape index (κ1) is 22.9. The van der Waals surface area contributed by atoms with Gasteiger partial charge in [0, 0.05) is 6.04 Å². The van der Waals surface area contributed by atoms with E-state index < -0.39 is 12.0 Å². The molecule has 0 heterocycles. The fourth-order valence-electron chi connectivity index (χ4n) is 3.54. The van der Waals surface area contributed by atoms with Gasteiger partial charge in [-0.2, -0.15) is 0 Å². The number of halogens is 1. The summed E-state index contributed by atoms with van der Waals surface area (Å²) in [5.41, 5.74) is 9.49. The maximum Gasteiger partial charge on any atom is 0.325 e. The first-order chi connectivity index (χ1) is 13.5. The Hall–Kier alpha value is -2.37. The number of nitrogens with zero attached hydrogens (tertiary/aromatic N) is 1. The van der Waals surface area contributed by atoms with Crippen LogP contribution in [0.2, 0.25) is 0 Å². The molecule has 2 N–H and O–H groups in total. The van der Waals surface area contributed by atoms with Crippen molar-refractivity contribution in [2.45, 2.75) is 45.4 Å². The van der Waals surface area contributed by atoms with Crippen molar-refractivity contribution >= 4 is 24.3 Å². The van der Waals surface area contributed by atoms with Gasteiger partial charge in [-0.15, -0.1) is 12.4 Å². The monoisotopic (exact) mass is 416 g/mol. The van der Waals surface area contributed by atoms with Gasteiger partial charge in [0.25, 0.3) is 0 Å². The van der Waals surface area contributed by atoms with Crippen LogP contribution in [0.1, 0.15) is 30.5 Å². The van der Waals surface area contributed by atoms with Crippen LogP contribution in [0.4, 0.5) is 0 Å². The van der Waals surface area contributed by atoms with Crippen molar-refractivity contribution in [3.8, 4) is 0 Å². The molecule has 0 aliphatic heterocycles. The van der Waals surface area contributed by atoms with Gasteiger partial charge in [-0.05, 0) is 35.4 Å². The average Bonchev–Trinajstić information content (AvgIpc) is 3.14. The van der Waals surface area contributed by atoms with Crippen LogP contribution >= 0.6 is 12.4 Å². The number of hydrogen-bond donors (Lipinski definition) is 1. The Kier molecular flexibility index (Phi) is 8.23. The Labute approximate surface area is 178 Å². The number of carbonyl (C=O) groups excluding carboxylic acids is 2. The van der Waals surface area contributed by atoms with E-state index in [1.165, 1.54) is 11.1 Å². The Balaban J connectivity index is 0.00000300. The number of carbonyl (C=O) groups is 2. The second kappa shape index (κ2) is 10.4. The van der Waals surface area contributed by atoms with Crippen LogP contribution in [0.15, 0.2) is 54.6 Å². The molecule has 6 heteroatoms. The first-order valence-electron chi connectivity index (χ1n) is 9.78. The lowest BCUT2D eigenvalue weighted by atomic mass is 10.0. The second-order valence-electron chi connectivity index (χ2n) is 7.71. The number of amides is 1. The van der Waals surface area contributed by atoms with Crippen LogP contribution < -0.4 is 5.73 Å². The van der Waals surface area contributed by atoms with Crippen molar-refractivity contribution in [2.75, 3.05) is 6.54 Å². The fraction of sp³-hybridized carbons (Fsp3) is 0.391. The molecule has 5 nitrogen and oxygen atoms in total. The first-order valence-corrected chi connectivity index (χ1v) is 9.78. The van der Waals surface area contributed by atoms with Gasteiger partial charge in [0.1, 0.15) is 13.2 Å². The summed E-state index contributed by atoms with van der Waals surface area (Å²) in [7, 11) is 0. The second-order valence-corrected chi connectivity index (χ2v) is 7.71. The molecule has 2 aromatic rings. The van der Waals surface area contributed by atoms with Gasteiger partial charge >= 0.3 is 5.97 Å². The zero-order valence-corrected chi connectivity index (χ0v) is 17.7. The molecule has 1 amide bonds. The predicted molar refractivity (Wildman–Crippen MR) is 116 cm³/mol. The normalized spacial score (nSPS) is 14.1. The summed E-state index contributed by atoms with van der Waals surface area (Å²) >= 11 is 0. The summed E-state index contributed by atoms with van der Waals surface area (Å²) in [6, 6.07) is 17.0. The van der Waals surface area contributed by atoms with E-state index >= 15 is 0 Å². The van der Waals surface area contributed by atoms with Crippen molar-refractivity contribution in [3.05, 3.63) is 71.3 Å². The summed E-state index contributed by atoms with van der Waals surface area (Å²) in [6.45, 7) is 3.95. The van der Waals surface area contributed by atoms with Crippen molar-refractivity contribution in [1.82, 2.24) is 4.90 Å². The molecule has 0 bridgehead atoms. The number of fused-ring (bicyclic) bond motifs is 1. The lowest BCUT2D eigenvalue weighted by Crippen LogP contribution is -2.52. The summed E-state index contributed by atoms with van der Waals surface area (Å²) in [5, 5.41) is 0. The van der Waals surface area contributed by atoms with Crippen LogP contribution in [0.25, 0.3) is 0 Å². The van der Waals surface area contributed by atoms with Crippen molar-refractivity contribution < 1.29 is 14.3 Å². The molecular weight excluding hydrogens is 388 g/mol. The van der Waals surface area contributed by atoms with Crippen LogP contribution in [0.3, 0.4) is 0 Å². The van der Waals surface area contributed by atoms with Gasteiger partial charge in [-0.1, -0.05) is 68.4 Å². The molecule has 29 heavy (non-hydrogen) atoms. The Morgan fingerprint density at radius 2 is 1.59 bits per heavy atom. The minimum atomic E-state index is -0.634. The maximum atomic E-state index is 13.0. The number of benzene rings is 2. The smallest absolute Gasteiger partial charge is 0.325 e. The van der Waals surface area contributed by atoms with E-state index in [0.29, 0.717) is 0 Å². The Bertz CT molecular complexity index is 801. The number of rotatable bonds is 7. The van der Waals surface area contributed by atoms with E-state index in [-0.39, 0.29) is 43.4 Å². The highest BCUT2D eigenvalue weighted by molar-refractivity contribution is 5.86. The molecule has 1 atom stereocenters. The lowest BCUT2D eigenvalue weighted by Gasteiger charge is -2.31. The molecule has 1 aliphatic carbocycles. The zero-order chi connectivity index (χ0) is 20.1. The summed E-state index contributed by atoms with van der Waals surface area (Å²) in [5.74, 6) is -0.604. The molecule has 0 aromatic heterocycles. The van der Waals surface area contributed by atoms with Gasteiger partial charge in [-0.25, -0.2) is 0 Å². The predicted octanol–water partition coefficient (Wildman–Crippen LogP) is 3.13. The van der Waals surface area contributed by atoms with Crippen LogP contribution in [0, 0.1) is 5.92 Å². The van der Waals surface area contributed by atoms with Gasteiger partial charge in [0.15, 0.2) is 0 Å². The Morgan fingerprint density at radius 3 is 2.14 bits per heavy atom. The fourth-order valence-corrected chi connectivity index (χ4v) is 3.54. The summed E-state index contributed by atoms with van der Waals surface area (Å²) < 4.78 is 5.41. The molecule has 0 radical (unpaired) electrons. The highest BCUT2D eigenvalue weighted by Gasteiger charge is 2.34. The third kappa shape index (κ3) is 5.81. The topological polar surface area (TPSA) is 72.6 Å². The molecule has 3 rings (SSSR count). The quantitative estimate of drug-likeness (QED) is 0.704. The SMILES string of the molecule is CC(C)[C@H](N)C(=O)N(CC(=O)OCc1ccccc1)C1Cc2ccccc2C1.Cl. The highest BCUT2D eigenvalue weighted by Crippen LogP contribution is 2.26. The molecule has 0 spiro atoms. The lowest BCUT2D eigenvalue weighted by molar-refractivity contribution is -0.152. The van der Waals surface area contributed by atoms with Crippen LogP contribution in [-0.4, -0.2) is 35.4 Å². The number of esters is 1. The van der Waals surface area contributed by atoms with Gasteiger partial charge in [0.05, 0.1) is 6.04 Å². The van der Waals surface area contributed by atoms with Crippen molar-refractivity contribution in [1.29, 1.82) is 0 Å². The van der Waals surface area contributed by atoms with Gasteiger partial charge in [-0.3, -0.25) is 9.59 Å². The van der Waals surface area contributed by atoms with E-state index in [2.05, 4.69) is 12.1 Å². The largest absolute Gasteiger partial charge is 0.459 e. The molecule has 0 fully saturated rings.